The number of hydrogen-bond acceptors (Lipinski definition) is 4. The summed E-state index contributed by atoms with van der Waals surface area (Å²) >= 11 is 0. The van der Waals surface area contributed by atoms with E-state index < -0.39 is 12.5 Å². The van der Waals surface area contributed by atoms with Crippen LogP contribution in [-0.2, 0) is 9.53 Å². The van der Waals surface area contributed by atoms with Gasteiger partial charge in [-0.3, -0.25) is 4.79 Å². The molecule has 0 atom stereocenters. The third-order valence-corrected chi connectivity index (χ3v) is 0.948. The topological polar surface area (TPSA) is 78.8 Å². The molecule has 0 saturated heterocycles. The van der Waals surface area contributed by atoms with Crippen molar-refractivity contribution in [1.29, 1.82) is 0 Å². The molecule has 5 heteroatoms. The lowest BCUT2D eigenvalue weighted by Gasteiger charge is -2.02. The Bertz CT molecular complexity index is 107. The van der Waals surface area contributed by atoms with Gasteiger partial charge in [-0.25, -0.2) is 0 Å². The van der Waals surface area contributed by atoms with E-state index in [-0.39, 0.29) is 13.2 Å². The molecule has 0 aromatic carbocycles. The highest BCUT2D eigenvalue weighted by molar-refractivity contribution is 5.76. The third kappa shape index (κ3) is 7.24. The summed E-state index contributed by atoms with van der Waals surface area (Å²) in [5, 5.41) is 18.9. The van der Waals surface area contributed by atoms with Crippen molar-refractivity contribution in [3.8, 4) is 0 Å². The molecule has 0 aromatic rings. The van der Waals surface area contributed by atoms with Crippen molar-refractivity contribution in [1.82, 2.24) is 5.32 Å². The molecule has 0 saturated carbocycles. The van der Waals surface area contributed by atoms with Crippen LogP contribution >= 0.6 is 0 Å². The van der Waals surface area contributed by atoms with Crippen LogP contribution in [0.3, 0.4) is 0 Å². The second-order valence-electron chi connectivity index (χ2n) is 1.84. The Morgan fingerprint density at radius 1 is 1.36 bits per heavy atom. The van der Waals surface area contributed by atoms with Crippen molar-refractivity contribution in [2.45, 2.75) is 0 Å². The van der Waals surface area contributed by atoms with Crippen molar-refractivity contribution in [3.05, 3.63) is 0 Å². The Morgan fingerprint density at radius 3 is 2.64 bits per heavy atom. The first-order valence-corrected chi connectivity index (χ1v) is 3.37. The first-order valence-electron chi connectivity index (χ1n) is 3.37. The molecule has 5 nitrogen and oxygen atoms in total. The van der Waals surface area contributed by atoms with Crippen LogP contribution in [0.1, 0.15) is 0 Å². The van der Waals surface area contributed by atoms with Gasteiger partial charge >= 0.3 is 0 Å². The van der Waals surface area contributed by atoms with E-state index in [4.69, 9.17) is 14.9 Å². The largest absolute Gasteiger partial charge is 0.394 e. The molecule has 0 heterocycles. The molecule has 11 heavy (non-hydrogen) atoms. The van der Waals surface area contributed by atoms with Gasteiger partial charge in [0.2, 0.25) is 5.91 Å². The standard InChI is InChI=1S/C6H13NO4/c8-2-4-11-3-1-7-6(10)5-9/h8-9H,1-5H2,(H,7,10). The highest BCUT2D eigenvalue weighted by Crippen LogP contribution is 1.71. The number of nitrogens with one attached hydrogen (secondary N) is 1. The van der Waals surface area contributed by atoms with Gasteiger partial charge in [-0.05, 0) is 0 Å². The van der Waals surface area contributed by atoms with E-state index in [0.717, 1.165) is 0 Å². The fourth-order valence-corrected chi connectivity index (χ4v) is 0.485. The minimum Gasteiger partial charge on any atom is -0.394 e. The van der Waals surface area contributed by atoms with E-state index in [1.165, 1.54) is 0 Å². The van der Waals surface area contributed by atoms with Crippen molar-refractivity contribution < 1.29 is 19.7 Å². The van der Waals surface area contributed by atoms with Crippen LogP contribution < -0.4 is 5.32 Å². The first kappa shape index (κ1) is 10.3. The maximum absolute atomic E-state index is 10.4. The molecule has 0 aliphatic rings. The van der Waals surface area contributed by atoms with Gasteiger partial charge in [0.05, 0.1) is 19.8 Å². The van der Waals surface area contributed by atoms with Crippen LogP contribution in [0.2, 0.25) is 0 Å². The Hall–Kier alpha value is -0.650. The fourth-order valence-electron chi connectivity index (χ4n) is 0.485. The van der Waals surface area contributed by atoms with E-state index in [2.05, 4.69) is 5.32 Å². The maximum Gasteiger partial charge on any atom is 0.245 e. The van der Waals surface area contributed by atoms with E-state index in [1.807, 2.05) is 0 Å². The van der Waals surface area contributed by atoms with E-state index in [9.17, 15) is 4.79 Å². The monoisotopic (exact) mass is 163 g/mol. The summed E-state index contributed by atoms with van der Waals surface area (Å²) in [4.78, 5) is 10.4. The van der Waals surface area contributed by atoms with Crippen LogP contribution in [0.5, 0.6) is 0 Å². The summed E-state index contributed by atoms with van der Waals surface area (Å²) in [5.41, 5.74) is 0. The third-order valence-electron chi connectivity index (χ3n) is 0.948. The maximum atomic E-state index is 10.4. The predicted octanol–water partition coefficient (Wildman–Crippen LogP) is -1.90. The number of aliphatic hydroxyl groups is 2. The van der Waals surface area contributed by atoms with E-state index in [1.54, 1.807) is 0 Å². The van der Waals surface area contributed by atoms with Gasteiger partial charge in [-0.15, -0.1) is 0 Å². The van der Waals surface area contributed by atoms with Crippen molar-refractivity contribution in [3.63, 3.8) is 0 Å². The summed E-state index contributed by atoms with van der Waals surface area (Å²) in [7, 11) is 0. The zero-order valence-electron chi connectivity index (χ0n) is 6.25. The minimum atomic E-state index is -0.500. The zero-order valence-corrected chi connectivity index (χ0v) is 6.25. The molecule has 0 fully saturated rings. The van der Waals surface area contributed by atoms with Gasteiger partial charge in [0.1, 0.15) is 6.61 Å². The highest BCUT2D eigenvalue weighted by Gasteiger charge is 1.94. The summed E-state index contributed by atoms with van der Waals surface area (Å²) < 4.78 is 4.83. The van der Waals surface area contributed by atoms with E-state index in [0.29, 0.717) is 13.2 Å². The average Bonchev–Trinajstić information content (AvgIpc) is 2.04. The molecule has 0 radical (unpaired) electrons. The van der Waals surface area contributed by atoms with Gasteiger partial charge in [0.25, 0.3) is 0 Å². The number of rotatable bonds is 6. The molecule has 0 unspecified atom stereocenters. The molecule has 0 aromatic heterocycles. The quantitative estimate of drug-likeness (QED) is 0.400. The zero-order chi connectivity index (χ0) is 8.53. The molecule has 66 valence electrons. The van der Waals surface area contributed by atoms with Gasteiger partial charge in [0, 0.05) is 6.54 Å². The van der Waals surface area contributed by atoms with Gasteiger partial charge in [0.15, 0.2) is 0 Å². The molecule has 0 aliphatic heterocycles. The fraction of sp³-hybridized carbons (Fsp3) is 0.833. The van der Waals surface area contributed by atoms with Crippen LogP contribution in [0.15, 0.2) is 0 Å². The number of aliphatic hydroxyl groups excluding tert-OH is 2. The second kappa shape index (κ2) is 7.46. The lowest BCUT2D eigenvalue weighted by molar-refractivity contribution is -0.124. The van der Waals surface area contributed by atoms with Crippen molar-refractivity contribution in [2.24, 2.45) is 0 Å². The van der Waals surface area contributed by atoms with Crippen LogP contribution in [0.4, 0.5) is 0 Å². The predicted molar refractivity (Wildman–Crippen MR) is 38.0 cm³/mol. The molecule has 0 spiro atoms. The molecule has 1 amide bonds. The number of carbonyl (C=O) groups excluding carboxylic acids is 1. The number of carbonyl (C=O) groups is 1. The molecule has 0 aliphatic carbocycles. The van der Waals surface area contributed by atoms with Crippen molar-refractivity contribution in [2.75, 3.05) is 33.0 Å². The molecule has 0 rings (SSSR count). The SMILES string of the molecule is O=C(CO)NCCOCCO. The Kier molecular flexibility index (Phi) is 7.02. The van der Waals surface area contributed by atoms with Gasteiger partial charge in [-0.1, -0.05) is 0 Å². The molecular weight excluding hydrogens is 150 g/mol. The van der Waals surface area contributed by atoms with E-state index >= 15 is 0 Å². The average molecular weight is 163 g/mol. The lowest BCUT2D eigenvalue weighted by Crippen LogP contribution is -2.29. The summed E-state index contributed by atoms with van der Waals surface area (Å²) in [6.45, 7) is 0.467. The van der Waals surface area contributed by atoms with Crippen LogP contribution in [0, 0.1) is 0 Å². The summed E-state index contributed by atoms with van der Waals surface area (Å²) in [5.74, 6) is -0.419. The first-order chi connectivity index (χ1) is 5.31. The number of ether oxygens (including phenoxy) is 1. The second-order valence-corrected chi connectivity index (χ2v) is 1.84. The Morgan fingerprint density at radius 2 is 2.09 bits per heavy atom. The van der Waals surface area contributed by atoms with Crippen LogP contribution in [0.25, 0.3) is 0 Å². The summed E-state index contributed by atoms with van der Waals surface area (Å²) in [6.07, 6.45) is 0. The highest BCUT2D eigenvalue weighted by atomic mass is 16.5. The van der Waals surface area contributed by atoms with Gasteiger partial charge < -0.3 is 20.3 Å². The Labute approximate surface area is 65.0 Å². The Balaban J connectivity index is 2.95. The van der Waals surface area contributed by atoms with Crippen LogP contribution in [-0.4, -0.2) is 49.1 Å². The summed E-state index contributed by atoms with van der Waals surface area (Å²) in [6, 6.07) is 0. The number of hydrogen-bond donors (Lipinski definition) is 3. The molecular formula is C6H13NO4. The minimum absolute atomic E-state index is 0.0199. The molecule has 0 bridgehead atoms. The van der Waals surface area contributed by atoms with Gasteiger partial charge in [-0.2, -0.15) is 0 Å². The van der Waals surface area contributed by atoms with Crippen molar-refractivity contribution >= 4 is 5.91 Å². The lowest BCUT2D eigenvalue weighted by atomic mass is 10.6. The smallest absolute Gasteiger partial charge is 0.245 e. The molecule has 3 N–H and O–H groups in total. The number of amides is 1. The normalized spacial score (nSPS) is 9.64.